The molecule has 1 atom stereocenters. The van der Waals surface area contributed by atoms with Crippen LogP contribution in [0, 0.1) is 0 Å². The second-order valence-corrected chi connectivity index (χ2v) is 4.00. The molecular formula is C10H17NS. The van der Waals surface area contributed by atoms with Crippen LogP contribution in [0.3, 0.4) is 0 Å². The quantitative estimate of drug-likeness (QED) is 0.746. The zero-order valence-electron chi connectivity index (χ0n) is 7.62. The number of rotatable bonds is 5. The highest BCUT2D eigenvalue weighted by atomic mass is 32.1. The van der Waals surface area contributed by atoms with Crippen LogP contribution in [-0.2, 0) is 6.42 Å². The van der Waals surface area contributed by atoms with Crippen LogP contribution < -0.4 is 5.73 Å². The van der Waals surface area contributed by atoms with E-state index in [4.69, 9.17) is 5.73 Å². The van der Waals surface area contributed by atoms with Gasteiger partial charge in [-0.05, 0) is 41.7 Å². The van der Waals surface area contributed by atoms with E-state index in [1.807, 2.05) is 0 Å². The molecule has 1 aromatic rings. The highest BCUT2D eigenvalue weighted by Crippen LogP contribution is 2.10. The van der Waals surface area contributed by atoms with Crippen molar-refractivity contribution < 1.29 is 0 Å². The summed E-state index contributed by atoms with van der Waals surface area (Å²) in [6, 6.07) is 2.58. The van der Waals surface area contributed by atoms with Gasteiger partial charge in [0.2, 0.25) is 0 Å². The Morgan fingerprint density at radius 3 is 2.92 bits per heavy atom. The lowest BCUT2D eigenvalue weighted by atomic mass is 10.0. The number of hydrogen-bond donors (Lipinski definition) is 1. The molecule has 1 nitrogen and oxygen atoms in total. The minimum Gasteiger partial charge on any atom is -0.328 e. The Morgan fingerprint density at radius 2 is 2.33 bits per heavy atom. The van der Waals surface area contributed by atoms with E-state index in [-0.39, 0.29) is 0 Å². The molecule has 2 N–H and O–H groups in total. The fraction of sp³-hybridized carbons (Fsp3) is 0.600. The van der Waals surface area contributed by atoms with Crippen molar-refractivity contribution in [2.24, 2.45) is 5.73 Å². The second kappa shape index (κ2) is 5.33. The van der Waals surface area contributed by atoms with Crippen molar-refractivity contribution in [3.05, 3.63) is 22.4 Å². The van der Waals surface area contributed by atoms with E-state index >= 15 is 0 Å². The van der Waals surface area contributed by atoms with Crippen LogP contribution in [0.5, 0.6) is 0 Å². The van der Waals surface area contributed by atoms with Gasteiger partial charge in [-0.3, -0.25) is 0 Å². The molecule has 0 spiro atoms. The third-order valence-corrected chi connectivity index (χ3v) is 2.78. The van der Waals surface area contributed by atoms with Gasteiger partial charge in [-0.25, -0.2) is 0 Å². The van der Waals surface area contributed by atoms with Gasteiger partial charge in [-0.15, -0.1) is 0 Å². The lowest BCUT2D eigenvalue weighted by Gasteiger charge is -2.08. The predicted molar refractivity (Wildman–Crippen MR) is 55.5 cm³/mol. The summed E-state index contributed by atoms with van der Waals surface area (Å²) in [5, 5.41) is 4.33. The largest absolute Gasteiger partial charge is 0.328 e. The fourth-order valence-corrected chi connectivity index (χ4v) is 2.01. The summed E-state index contributed by atoms with van der Waals surface area (Å²) < 4.78 is 0. The lowest BCUT2D eigenvalue weighted by Crippen LogP contribution is -2.19. The minimum absolute atomic E-state index is 0.398. The maximum atomic E-state index is 5.90. The van der Waals surface area contributed by atoms with Crippen LogP contribution in [0.2, 0.25) is 0 Å². The van der Waals surface area contributed by atoms with Crippen molar-refractivity contribution in [3.8, 4) is 0 Å². The summed E-state index contributed by atoms with van der Waals surface area (Å²) in [6.07, 6.45) is 4.63. The minimum atomic E-state index is 0.398. The second-order valence-electron chi connectivity index (χ2n) is 3.22. The highest BCUT2D eigenvalue weighted by molar-refractivity contribution is 7.07. The molecule has 12 heavy (non-hydrogen) atoms. The van der Waals surface area contributed by atoms with Gasteiger partial charge in [0.05, 0.1) is 0 Å². The van der Waals surface area contributed by atoms with Gasteiger partial charge in [0.1, 0.15) is 0 Å². The highest BCUT2D eigenvalue weighted by Gasteiger charge is 2.01. The molecule has 1 unspecified atom stereocenters. The summed E-state index contributed by atoms with van der Waals surface area (Å²) >= 11 is 1.76. The van der Waals surface area contributed by atoms with Gasteiger partial charge < -0.3 is 5.73 Å². The maximum absolute atomic E-state index is 5.90. The van der Waals surface area contributed by atoms with E-state index in [2.05, 4.69) is 23.8 Å². The Morgan fingerprint density at radius 1 is 1.50 bits per heavy atom. The van der Waals surface area contributed by atoms with Gasteiger partial charge in [0.15, 0.2) is 0 Å². The van der Waals surface area contributed by atoms with E-state index in [1.54, 1.807) is 11.3 Å². The van der Waals surface area contributed by atoms with Crippen LogP contribution in [0.4, 0.5) is 0 Å². The summed E-state index contributed by atoms with van der Waals surface area (Å²) in [5.41, 5.74) is 7.34. The first-order chi connectivity index (χ1) is 5.83. The summed E-state index contributed by atoms with van der Waals surface area (Å²) in [4.78, 5) is 0. The zero-order chi connectivity index (χ0) is 8.81. The molecule has 0 aliphatic heterocycles. The number of hydrogen-bond acceptors (Lipinski definition) is 2. The molecular weight excluding hydrogens is 166 g/mol. The van der Waals surface area contributed by atoms with Crippen molar-refractivity contribution in [1.29, 1.82) is 0 Å². The van der Waals surface area contributed by atoms with Crippen molar-refractivity contribution in [3.63, 3.8) is 0 Å². The maximum Gasteiger partial charge on any atom is 0.00418 e. The first-order valence-electron chi connectivity index (χ1n) is 4.59. The summed E-state index contributed by atoms with van der Waals surface area (Å²) in [5.74, 6) is 0. The third kappa shape index (κ3) is 3.37. The van der Waals surface area contributed by atoms with Gasteiger partial charge in [0.25, 0.3) is 0 Å². The number of aryl methyl sites for hydroxylation is 1. The normalized spacial score (nSPS) is 13.2. The van der Waals surface area contributed by atoms with Crippen LogP contribution in [-0.4, -0.2) is 6.04 Å². The smallest absolute Gasteiger partial charge is 0.00418 e. The molecule has 1 heterocycles. The van der Waals surface area contributed by atoms with Crippen LogP contribution in [0.25, 0.3) is 0 Å². The Kier molecular flexibility index (Phi) is 4.33. The molecule has 0 aliphatic carbocycles. The van der Waals surface area contributed by atoms with Crippen molar-refractivity contribution in [2.45, 2.75) is 38.6 Å². The predicted octanol–water partition coefficient (Wildman–Crippen LogP) is 2.81. The summed E-state index contributed by atoms with van der Waals surface area (Å²) in [7, 11) is 0. The molecule has 1 aromatic heterocycles. The average Bonchev–Trinajstić information content (AvgIpc) is 2.53. The Labute approximate surface area is 78.6 Å². The third-order valence-electron chi connectivity index (χ3n) is 2.04. The summed E-state index contributed by atoms with van der Waals surface area (Å²) in [6.45, 7) is 2.18. The van der Waals surface area contributed by atoms with Gasteiger partial charge in [-0.2, -0.15) is 11.3 Å². The fourth-order valence-electron chi connectivity index (χ4n) is 1.30. The molecule has 0 fully saturated rings. The SMILES string of the molecule is CCCC(N)CCc1ccsc1. The standard InChI is InChI=1S/C10H17NS/c1-2-3-10(11)5-4-9-6-7-12-8-9/h6-8,10H,2-5,11H2,1H3. The molecule has 0 aliphatic rings. The Bertz CT molecular complexity index is 194. The van der Waals surface area contributed by atoms with Gasteiger partial charge >= 0.3 is 0 Å². The first-order valence-corrected chi connectivity index (χ1v) is 5.54. The molecule has 0 saturated heterocycles. The molecule has 0 bridgehead atoms. The van der Waals surface area contributed by atoms with E-state index in [0.29, 0.717) is 6.04 Å². The number of thiophene rings is 1. The molecule has 68 valence electrons. The van der Waals surface area contributed by atoms with Gasteiger partial charge in [-0.1, -0.05) is 13.3 Å². The number of nitrogens with two attached hydrogens (primary N) is 1. The lowest BCUT2D eigenvalue weighted by molar-refractivity contribution is 0.561. The van der Waals surface area contributed by atoms with Crippen LogP contribution in [0.15, 0.2) is 16.8 Å². The van der Waals surface area contributed by atoms with E-state index in [1.165, 1.54) is 12.0 Å². The Balaban J connectivity index is 2.17. The van der Waals surface area contributed by atoms with E-state index < -0.39 is 0 Å². The van der Waals surface area contributed by atoms with E-state index in [0.717, 1.165) is 19.3 Å². The Hall–Kier alpha value is -0.340. The molecule has 2 heteroatoms. The van der Waals surface area contributed by atoms with Gasteiger partial charge in [0, 0.05) is 6.04 Å². The molecule has 0 radical (unpaired) electrons. The first kappa shape index (κ1) is 9.75. The molecule has 0 amide bonds. The zero-order valence-corrected chi connectivity index (χ0v) is 8.44. The molecule has 1 rings (SSSR count). The molecule has 0 saturated carbocycles. The van der Waals surface area contributed by atoms with Crippen molar-refractivity contribution in [2.75, 3.05) is 0 Å². The van der Waals surface area contributed by atoms with Crippen LogP contribution >= 0.6 is 11.3 Å². The average molecular weight is 183 g/mol. The molecule has 0 aromatic carbocycles. The monoisotopic (exact) mass is 183 g/mol. The van der Waals surface area contributed by atoms with Crippen molar-refractivity contribution in [1.82, 2.24) is 0 Å². The van der Waals surface area contributed by atoms with Crippen molar-refractivity contribution >= 4 is 11.3 Å². The van der Waals surface area contributed by atoms with Crippen LogP contribution in [0.1, 0.15) is 31.7 Å². The van der Waals surface area contributed by atoms with E-state index in [9.17, 15) is 0 Å². The topological polar surface area (TPSA) is 26.0 Å².